The number of hydrogen-bond donors (Lipinski definition) is 0. The van der Waals surface area contributed by atoms with Crippen molar-refractivity contribution in [3.05, 3.63) is 0 Å². The van der Waals surface area contributed by atoms with Gasteiger partial charge >= 0.3 is 0 Å². The van der Waals surface area contributed by atoms with Gasteiger partial charge in [0, 0.05) is 8.75 Å². The van der Waals surface area contributed by atoms with Gasteiger partial charge in [-0.2, -0.15) is 0 Å². The van der Waals surface area contributed by atoms with Crippen LogP contribution in [0, 0.1) is 0 Å². The fourth-order valence-corrected chi connectivity index (χ4v) is 2.62. The van der Waals surface area contributed by atoms with Crippen molar-refractivity contribution in [2.24, 2.45) is 0 Å². The minimum absolute atomic E-state index is 0.734. The molecule has 0 heterocycles. The summed E-state index contributed by atoms with van der Waals surface area (Å²) >= 11 is 6.24. The summed E-state index contributed by atoms with van der Waals surface area (Å²) in [4.78, 5) is 0.734. The Morgan fingerprint density at radius 1 is 1.20 bits per heavy atom. The number of alkyl halides is 2. The van der Waals surface area contributed by atoms with Gasteiger partial charge in [0.25, 0.3) is 0 Å². The van der Waals surface area contributed by atoms with Crippen molar-refractivity contribution in [2.45, 2.75) is 48.3 Å². The Kier molecular flexibility index (Phi) is 7.73. The van der Waals surface area contributed by atoms with Crippen LogP contribution < -0.4 is 0 Å². The van der Waals surface area contributed by atoms with Crippen LogP contribution in [0.1, 0.15) is 39.5 Å². The Labute approximate surface area is 86.4 Å². The van der Waals surface area contributed by atoms with Crippen molar-refractivity contribution in [2.75, 3.05) is 0 Å². The van der Waals surface area contributed by atoms with Gasteiger partial charge in [-0.15, -0.1) is 0 Å². The molecule has 0 aromatic rings. The molecular weight excluding hydrogens is 303 g/mol. The standard InChI is InChI=1S/C8H16BrI/c1-3-5-7(9)8(10)6-4-2/h7-8H,3-6H2,1-2H3. The summed E-state index contributed by atoms with van der Waals surface area (Å²) < 4.78 is 0.822. The highest BCUT2D eigenvalue weighted by atomic mass is 127. The summed E-state index contributed by atoms with van der Waals surface area (Å²) in [5.41, 5.74) is 0. The Bertz CT molecular complexity index is 65.7. The van der Waals surface area contributed by atoms with Crippen LogP contribution in [-0.4, -0.2) is 8.75 Å². The molecule has 0 spiro atoms. The third kappa shape index (κ3) is 4.94. The van der Waals surface area contributed by atoms with Gasteiger partial charge in [0.15, 0.2) is 0 Å². The van der Waals surface area contributed by atoms with Gasteiger partial charge in [-0.1, -0.05) is 65.2 Å². The number of halogens is 2. The van der Waals surface area contributed by atoms with Crippen molar-refractivity contribution < 1.29 is 0 Å². The average molecular weight is 319 g/mol. The molecule has 0 aliphatic rings. The van der Waals surface area contributed by atoms with Crippen molar-refractivity contribution in [1.29, 1.82) is 0 Å². The first kappa shape index (κ1) is 11.2. The van der Waals surface area contributed by atoms with Gasteiger partial charge in [0.1, 0.15) is 0 Å². The number of hydrogen-bond acceptors (Lipinski definition) is 0. The van der Waals surface area contributed by atoms with E-state index in [1.807, 2.05) is 0 Å². The normalized spacial score (nSPS) is 16.8. The fraction of sp³-hybridized carbons (Fsp3) is 1.00. The van der Waals surface area contributed by atoms with Crippen molar-refractivity contribution >= 4 is 38.5 Å². The third-order valence-electron chi connectivity index (χ3n) is 1.52. The molecule has 10 heavy (non-hydrogen) atoms. The zero-order valence-corrected chi connectivity index (χ0v) is 10.5. The van der Waals surface area contributed by atoms with E-state index in [2.05, 4.69) is 52.4 Å². The zero-order chi connectivity index (χ0) is 7.98. The lowest BCUT2D eigenvalue weighted by Crippen LogP contribution is -2.12. The summed E-state index contributed by atoms with van der Waals surface area (Å²) in [7, 11) is 0. The number of rotatable bonds is 5. The van der Waals surface area contributed by atoms with Gasteiger partial charge in [0.05, 0.1) is 0 Å². The van der Waals surface area contributed by atoms with Crippen LogP contribution in [0.25, 0.3) is 0 Å². The highest BCUT2D eigenvalue weighted by molar-refractivity contribution is 14.1. The van der Waals surface area contributed by atoms with Crippen LogP contribution in [0.15, 0.2) is 0 Å². The minimum atomic E-state index is 0.734. The molecule has 0 rings (SSSR count). The average Bonchev–Trinajstić information content (AvgIpc) is 1.89. The van der Waals surface area contributed by atoms with E-state index in [1.165, 1.54) is 25.7 Å². The molecule has 2 atom stereocenters. The lowest BCUT2D eigenvalue weighted by Gasteiger charge is -2.14. The summed E-state index contributed by atoms with van der Waals surface area (Å²) in [5.74, 6) is 0. The molecule has 2 heteroatoms. The fourth-order valence-electron chi connectivity index (χ4n) is 0.913. The van der Waals surface area contributed by atoms with Gasteiger partial charge in [-0.25, -0.2) is 0 Å². The minimum Gasteiger partial charge on any atom is -0.0879 e. The van der Waals surface area contributed by atoms with Crippen LogP contribution >= 0.6 is 38.5 Å². The van der Waals surface area contributed by atoms with E-state index in [-0.39, 0.29) is 0 Å². The van der Waals surface area contributed by atoms with E-state index in [9.17, 15) is 0 Å². The van der Waals surface area contributed by atoms with Crippen LogP contribution in [0.4, 0.5) is 0 Å². The second-order valence-corrected chi connectivity index (χ2v) is 5.39. The van der Waals surface area contributed by atoms with Crippen molar-refractivity contribution in [1.82, 2.24) is 0 Å². The first-order chi connectivity index (χ1) is 4.72. The molecule has 0 aromatic heterocycles. The summed E-state index contributed by atoms with van der Waals surface area (Å²) in [6, 6.07) is 0. The second-order valence-electron chi connectivity index (χ2n) is 2.61. The lowest BCUT2D eigenvalue weighted by molar-refractivity contribution is 0.677. The molecule has 0 aliphatic carbocycles. The van der Waals surface area contributed by atoms with E-state index < -0.39 is 0 Å². The molecule has 2 unspecified atom stereocenters. The smallest absolute Gasteiger partial charge is 0.0263 e. The quantitative estimate of drug-likeness (QED) is 0.527. The van der Waals surface area contributed by atoms with Crippen LogP contribution in [0.3, 0.4) is 0 Å². The van der Waals surface area contributed by atoms with E-state index in [0.717, 1.165) is 8.75 Å². The summed E-state index contributed by atoms with van der Waals surface area (Å²) in [6.07, 6.45) is 5.25. The lowest BCUT2D eigenvalue weighted by atomic mass is 10.1. The third-order valence-corrected chi connectivity index (χ3v) is 5.10. The molecule has 0 aliphatic heterocycles. The monoisotopic (exact) mass is 318 g/mol. The topological polar surface area (TPSA) is 0 Å². The summed E-state index contributed by atoms with van der Waals surface area (Å²) in [5, 5.41) is 0. The maximum atomic E-state index is 3.70. The Morgan fingerprint density at radius 3 is 2.10 bits per heavy atom. The SMILES string of the molecule is CCCC(Br)C(I)CCC. The zero-order valence-electron chi connectivity index (χ0n) is 6.74. The highest BCUT2D eigenvalue weighted by Gasteiger charge is 2.12. The van der Waals surface area contributed by atoms with Crippen LogP contribution in [0.2, 0.25) is 0 Å². The van der Waals surface area contributed by atoms with Crippen molar-refractivity contribution in [3.8, 4) is 0 Å². The molecule has 0 saturated heterocycles. The van der Waals surface area contributed by atoms with Crippen LogP contribution in [0.5, 0.6) is 0 Å². The molecular formula is C8H16BrI. The maximum Gasteiger partial charge on any atom is 0.0263 e. The van der Waals surface area contributed by atoms with Gasteiger partial charge in [-0.05, 0) is 12.8 Å². The van der Waals surface area contributed by atoms with E-state index in [4.69, 9.17) is 0 Å². The molecule has 0 bridgehead atoms. The van der Waals surface area contributed by atoms with Crippen molar-refractivity contribution in [3.63, 3.8) is 0 Å². The predicted molar refractivity (Wildman–Crippen MR) is 60.3 cm³/mol. The van der Waals surface area contributed by atoms with Gasteiger partial charge in [0.2, 0.25) is 0 Å². The predicted octanol–water partition coefficient (Wildman–Crippen LogP) is 4.15. The Hall–Kier alpha value is 1.21. The largest absolute Gasteiger partial charge is 0.0879 e. The molecule has 0 aromatic carbocycles. The van der Waals surface area contributed by atoms with E-state index in [1.54, 1.807) is 0 Å². The van der Waals surface area contributed by atoms with E-state index in [0.29, 0.717) is 0 Å². The first-order valence-corrected chi connectivity index (χ1v) is 6.16. The summed E-state index contributed by atoms with van der Waals surface area (Å²) in [6.45, 7) is 4.49. The molecule has 0 fully saturated rings. The molecule has 62 valence electrons. The van der Waals surface area contributed by atoms with Gasteiger partial charge in [-0.3, -0.25) is 0 Å². The molecule has 0 nitrogen and oxygen atoms in total. The van der Waals surface area contributed by atoms with E-state index >= 15 is 0 Å². The Balaban J connectivity index is 3.38. The first-order valence-electron chi connectivity index (χ1n) is 4.00. The molecule has 0 radical (unpaired) electrons. The second kappa shape index (κ2) is 6.89. The maximum absolute atomic E-state index is 3.70. The highest BCUT2D eigenvalue weighted by Crippen LogP contribution is 2.23. The molecule has 0 N–H and O–H groups in total. The van der Waals surface area contributed by atoms with Crippen LogP contribution in [-0.2, 0) is 0 Å². The molecule has 0 amide bonds. The molecule has 0 saturated carbocycles. The van der Waals surface area contributed by atoms with Gasteiger partial charge < -0.3 is 0 Å². The Morgan fingerprint density at radius 2 is 1.70 bits per heavy atom.